The predicted octanol–water partition coefficient (Wildman–Crippen LogP) is 3.72. The van der Waals surface area contributed by atoms with Gasteiger partial charge in [-0.25, -0.2) is 14.4 Å². The molecule has 4 heterocycles. The average molecular weight is 387 g/mol. The molecule has 1 aliphatic rings. The van der Waals surface area contributed by atoms with Gasteiger partial charge >= 0.3 is 0 Å². The van der Waals surface area contributed by atoms with E-state index in [4.69, 9.17) is 4.98 Å². The number of pyridine rings is 2. The molecule has 1 atom stereocenters. The van der Waals surface area contributed by atoms with Crippen LogP contribution in [0, 0.1) is 5.82 Å². The van der Waals surface area contributed by atoms with E-state index in [0.29, 0.717) is 18.7 Å². The van der Waals surface area contributed by atoms with E-state index >= 15 is 0 Å². The van der Waals surface area contributed by atoms with Gasteiger partial charge in [-0.2, -0.15) is 0 Å². The minimum absolute atomic E-state index is 0.0266. The van der Waals surface area contributed by atoms with Gasteiger partial charge in [0, 0.05) is 37.2 Å². The van der Waals surface area contributed by atoms with E-state index in [2.05, 4.69) is 14.5 Å². The van der Waals surface area contributed by atoms with Crippen molar-refractivity contribution in [2.24, 2.45) is 0 Å². The third-order valence-corrected chi connectivity index (χ3v) is 5.28. The third kappa shape index (κ3) is 3.14. The molecule has 0 N–H and O–H groups in total. The first-order chi connectivity index (χ1) is 14.2. The monoisotopic (exact) mass is 387 g/mol. The summed E-state index contributed by atoms with van der Waals surface area (Å²) in [7, 11) is 0. The quantitative estimate of drug-likeness (QED) is 0.537. The van der Waals surface area contributed by atoms with Crippen molar-refractivity contribution in [2.75, 3.05) is 13.1 Å². The molecule has 0 aliphatic carbocycles. The van der Waals surface area contributed by atoms with Crippen molar-refractivity contribution < 1.29 is 9.18 Å². The van der Waals surface area contributed by atoms with Crippen LogP contribution in [0.25, 0.3) is 22.6 Å². The van der Waals surface area contributed by atoms with Gasteiger partial charge in [-0.05, 0) is 55.0 Å². The maximum Gasteiger partial charge on any atom is 0.255 e. The zero-order valence-electron chi connectivity index (χ0n) is 15.6. The lowest BCUT2D eigenvalue weighted by Crippen LogP contribution is -2.29. The molecule has 1 aliphatic heterocycles. The number of likely N-dealkylation sites (tertiary alicyclic amines) is 1. The van der Waals surface area contributed by atoms with E-state index in [-0.39, 0.29) is 17.8 Å². The lowest BCUT2D eigenvalue weighted by molar-refractivity contribution is 0.0787. The molecule has 144 valence electrons. The fourth-order valence-electron chi connectivity index (χ4n) is 3.89. The summed E-state index contributed by atoms with van der Waals surface area (Å²) >= 11 is 0. The Balaban J connectivity index is 1.52. The SMILES string of the molecule is O=C(c1cccnc1)N1CCC(n2c(-c3ccc(F)cc3)nc3cccnc32)C1. The van der Waals surface area contributed by atoms with Crippen LogP contribution in [0.15, 0.2) is 67.1 Å². The fourth-order valence-corrected chi connectivity index (χ4v) is 3.89. The molecule has 1 amide bonds. The fraction of sp³-hybridized carbons (Fsp3) is 0.182. The van der Waals surface area contributed by atoms with E-state index in [1.807, 2.05) is 17.0 Å². The molecule has 4 aromatic rings. The molecule has 0 radical (unpaired) electrons. The number of fused-ring (bicyclic) bond motifs is 1. The number of carbonyl (C=O) groups excluding carboxylic acids is 1. The summed E-state index contributed by atoms with van der Waals surface area (Å²) < 4.78 is 15.5. The number of benzene rings is 1. The molecule has 7 heteroatoms. The van der Waals surface area contributed by atoms with Crippen LogP contribution < -0.4 is 0 Å². The van der Waals surface area contributed by atoms with Gasteiger partial charge in [-0.3, -0.25) is 9.78 Å². The Labute approximate surface area is 166 Å². The van der Waals surface area contributed by atoms with E-state index in [9.17, 15) is 9.18 Å². The average Bonchev–Trinajstić information content (AvgIpc) is 3.39. The Bertz CT molecular complexity index is 1170. The Hall–Kier alpha value is -3.61. The number of imidazole rings is 1. The zero-order valence-corrected chi connectivity index (χ0v) is 15.6. The van der Waals surface area contributed by atoms with E-state index in [1.165, 1.54) is 12.1 Å². The summed E-state index contributed by atoms with van der Waals surface area (Å²) in [4.78, 5) is 28.0. The van der Waals surface area contributed by atoms with Crippen molar-refractivity contribution >= 4 is 17.1 Å². The van der Waals surface area contributed by atoms with Crippen LogP contribution in [0.1, 0.15) is 22.8 Å². The molecule has 29 heavy (non-hydrogen) atoms. The number of carbonyl (C=O) groups is 1. The summed E-state index contributed by atoms with van der Waals surface area (Å²) in [5.74, 6) is 0.421. The summed E-state index contributed by atoms with van der Waals surface area (Å²) in [6.07, 6.45) is 5.78. The molecule has 1 fully saturated rings. The molecule has 1 unspecified atom stereocenters. The van der Waals surface area contributed by atoms with E-state index in [1.54, 1.807) is 42.9 Å². The minimum atomic E-state index is -0.288. The van der Waals surface area contributed by atoms with Gasteiger partial charge in [0.2, 0.25) is 0 Å². The van der Waals surface area contributed by atoms with Crippen molar-refractivity contribution in [3.63, 3.8) is 0 Å². The first kappa shape index (κ1) is 17.5. The number of halogens is 1. The van der Waals surface area contributed by atoms with Crippen LogP contribution in [-0.2, 0) is 0 Å². The number of hydrogen-bond acceptors (Lipinski definition) is 4. The second-order valence-corrected chi connectivity index (χ2v) is 7.09. The largest absolute Gasteiger partial charge is 0.336 e. The molecule has 5 rings (SSSR count). The van der Waals surface area contributed by atoms with Crippen molar-refractivity contribution in [1.29, 1.82) is 0 Å². The van der Waals surface area contributed by atoms with Gasteiger partial charge in [-0.1, -0.05) is 0 Å². The second-order valence-electron chi connectivity index (χ2n) is 7.09. The van der Waals surface area contributed by atoms with Gasteiger partial charge in [0.1, 0.15) is 17.2 Å². The first-order valence-corrected chi connectivity index (χ1v) is 9.49. The van der Waals surface area contributed by atoms with Crippen molar-refractivity contribution in [3.8, 4) is 11.4 Å². The molecule has 1 saturated heterocycles. The minimum Gasteiger partial charge on any atom is -0.336 e. The highest BCUT2D eigenvalue weighted by molar-refractivity contribution is 5.94. The van der Waals surface area contributed by atoms with Crippen LogP contribution >= 0.6 is 0 Å². The van der Waals surface area contributed by atoms with Crippen LogP contribution in [0.3, 0.4) is 0 Å². The van der Waals surface area contributed by atoms with Crippen molar-refractivity contribution in [2.45, 2.75) is 12.5 Å². The number of aromatic nitrogens is 4. The normalized spacial score (nSPS) is 16.4. The number of hydrogen-bond donors (Lipinski definition) is 0. The topological polar surface area (TPSA) is 63.9 Å². The zero-order chi connectivity index (χ0) is 19.8. The first-order valence-electron chi connectivity index (χ1n) is 9.49. The second kappa shape index (κ2) is 7.09. The van der Waals surface area contributed by atoms with Crippen LogP contribution in [-0.4, -0.2) is 43.4 Å². The number of rotatable bonds is 3. The smallest absolute Gasteiger partial charge is 0.255 e. The Kier molecular flexibility index (Phi) is 4.27. The van der Waals surface area contributed by atoms with Crippen LogP contribution in [0.5, 0.6) is 0 Å². The molecule has 0 bridgehead atoms. The molecular formula is C22H18FN5O. The van der Waals surface area contributed by atoms with E-state index in [0.717, 1.165) is 29.0 Å². The predicted molar refractivity (Wildman–Crippen MR) is 107 cm³/mol. The standard InChI is InChI=1S/C22H18FN5O/c23-17-7-5-15(6-8-17)20-26-19-4-2-11-25-21(19)28(20)18-9-12-27(14-18)22(29)16-3-1-10-24-13-16/h1-8,10-11,13,18H,9,12,14H2. The lowest BCUT2D eigenvalue weighted by atomic mass is 10.2. The molecular weight excluding hydrogens is 369 g/mol. The van der Waals surface area contributed by atoms with Gasteiger partial charge in [0.25, 0.3) is 5.91 Å². The highest BCUT2D eigenvalue weighted by Crippen LogP contribution is 2.32. The Morgan fingerprint density at radius 1 is 1.07 bits per heavy atom. The molecule has 6 nitrogen and oxygen atoms in total. The summed E-state index contributed by atoms with van der Waals surface area (Å²) in [5.41, 5.74) is 2.96. The van der Waals surface area contributed by atoms with Gasteiger partial charge in [0.15, 0.2) is 5.65 Å². The Morgan fingerprint density at radius 3 is 2.69 bits per heavy atom. The maximum atomic E-state index is 13.4. The van der Waals surface area contributed by atoms with Crippen molar-refractivity contribution in [1.82, 2.24) is 24.4 Å². The summed E-state index contributed by atoms with van der Waals surface area (Å²) in [6, 6.07) is 13.7. The summed E-state index contributed by atoms with van der Waals surface area (Å²) in [5, 5.41) is 0. The third-order valence-electron chi connectivity index (χ3n) is 5.28. The molecule has 1 aromatic carbocycles. The lowest BCUT2D eigenvalue weighted by Gasteiger charge is -2.19. The Morgan fingerprint density at radius 2 is 1.90 bits per heavy atom. The van der Waals surface area contributed by atoms with Gasteiger partial charge < -0.3 is 9.47 Å². The van der Waals surface area contributed by atoms with E-state index < -0.39 is 0 Å². The highest BCUT2D eigenvalue weighted by atomic mass is 19.1. The molecule has 0 spiro atoms. The molecule has 3 aromatic heterocycles. The van der Waals surface area contributed by atoms with Crippen LogP contribution in [0.2, 0.25) is 0 Å². The van der Waals surface area contributed by atoms with Gasteiger partial charge in [0.05, 0.1) is 11.6 Å². The van der Waals surface area contributed by atoms with Crippen LogP contribution in [0.4, 0.5) is 4.39 Å². The highest BCUT2D eigenvalue weighted by Gasteiger charge is 2.31. The number of nitrogens with zero attached hydrogens (tertiary/aromatic N) is 5. The van der Waals surface area contributed by atoms with Gasteiger partial charge in [-0.15, -0.1) is 0 Å². The summed E-state index contributed by atoms with van der Waals surface area (Å²) in [6.45, 7) is 1.21. The van der Waals surface area contributed by atoms with Crippen molar-refractivity contribution in [3.05, 3.63) is 78.5 Å². The number of amides is 1. The maximum absolute atomic E-state index is 13.4. The molecule has 0 saturated carbocycles.